The maximum atomic E-state index is 12.2. The Balaban J connectivity index is 1.83. The number of carbonyl (C=O) groups is 1. The first-order chi connectivity index (χ1) is 11.1. The molecule has 0 spiro atoms. The maximum absolute atomic E-state index is 12.2. The van der Waals surface area contributed by atoms with E-state index in [1.165, 1.54) is 0 Å². The van der Waals surface area contributed by atoms with E-state index in [0.717, 1.165) is 11.0 Å². The average molecular weight is 305 g/mol. The lowest BCUT2D eigenvalue weighted by molar-refractivity contribution is 0.102. The smallest absolute Gasteiger partial charge is 0.255 e. The van der Waals surface area contributed by atoms with E-state index < -0.39 is 0 Å². The van der Waals surface area contributed by atoms with Crippen LogP contribution in [0.5, 0.6) is 0 Å². The number of hydrogen-bond donors (Lipinski definition) is 1. The molecule has 23 heavy (non-hydrogen) atoms. The van der Waals surface area contributed by atoms with E-state index in [2.05, 4.69) is 15.4 Å². The highest BCUT2D eigenvalue weighted by Gasteiger charge is 2.10. The summed E-state index contributed by atoms with van der Waals surface area (Å²) < 4.78 is 1.83. The van der Waals surface area contributed by atoms with Crippen LogP contribution in [0.15, 0.2) is 42.7 Å². The zero-order chi connectivity index (χ0) is 16.4. The van der Waals surface area contributed by atoms with Crippen LogP contribution in [-0.2, 0) is 0 Å². The Kier molecular flexibility index (Phi) is 3.77. The number of nitrogens with zero attached hydrogens (tertiary/aromatic N) is 4. The van der Waals surface area contributed by atoms with Gasteiger partial charge in [0.2, 0.25) is 0 Å². The molecule has 114 valence electrons. The van der Waals surface area contributed by atoms with Crippen LogP contribution >= 0.6 is 0 Å². The SMILES string of the molecule is CC(C)n1ncc2cc(NC(=O)c3ccc(C#N)cc3)cnc21. The fourth-order valence-corrected chi connectivity index (χ4v) is 2.29. The van der Waals surface area contributed by atoms with Crippen LogP contribution in [0.2, 0.25) is 0 Å². The second-order valence-electron chi connectivity index (χ2n) is 5.46. The van der Waals surface area contributed by atoms with Crippen molar-refractivity contribution in [3.8, 4) is 6.07 Å². The van der Waals surface area contributed by atoms with Crippen molar-refractivity contribution in [3.05, 3.63) is 53.9 Å². The molecule has 0 aliphatic carbocycles. The lowest BCUT2D eigenvalue weighted by Gasteiger charge is -2.07. The number of fused-ring (bicyclic) bond motifs is 1. The van der Waals surface area contributed by atoms with Gasteiger partial charge in [0.25, 0.3) is 5.91 Å². The minimum atomic E-state index is -0.244. The number of anilines is 1. The summed E-state index contributed by atoms with van der Waals surface area (Å²) in [4.78, 5) is 16.6. The van der Waals surface area contributed by atoms with Crippen molar-refractivity contribution in [2.24, 2.45) is 0 Å². The maximum Gasteiger partial charge on any atom is 0.255 e. The number of hydrogen-bond acceptors (Lipinski definition) is 4. The molecule has 2 aromatic heterocycles. The monoisotopic (exact) mass is 305 g/mol. The van der Waals surface area contributed by atoms with Crippen LogP contribution in [-0.4, -0.2) is 20.7 Å². The fourth-order valence-electron chi connectivity index (χ4n) is 2.29. The summed E-state index contributed by atoms with van der Waals surface area (Å²) in [6.45, 7) is 4.07. The minimum Gasteiger partial charge on any atom is -0.321 e. The topological polar surface area (TPSA) is 83.6 Å². The molecule has 3 rings (SSSR count). The van der Waals surface area contributed by atoms with Gasteiger partial charge in [-0.3, -0.25) is 4.79 Å². The second kappa shape index (κ2) is 5.89. The molecule has 6 heteroatoms. The Morgan fingerprint density at radius 3 is 2.65 bits per heavy atom. The lowest BCUT2D eigenvalue weighted by atomic mass is 10.1. The molecule has 3 aromatic rings. The largest absolute Gasteiger partial charge is 0.321 e. The van der Waals surface area contributed by atoms with Crippen molar-refractivity contribution in [1.29, 1.82) is 5.26 Å². The number of pyridine rings is 1. The molecule has 1 aromatic carbocycles. The van der Waals surface area contributed by atoms with E-state index >= 15 is 0 Å². The molecule has 2 heterocycles. The molecule has 0 bridgehead atoms. The van der Waals surface area contributed by atoms with Gasteiger partial charge in [-0.05, 0) is 44.2 Å². The third-order valence-electron chi connectivity index (χ3n) is 3.46. The number of amides is 1. The van der Waals surface area contributed by atoms with Crippen molar-refractivity contribution < 1.29 is 4.79 Å². The summed E-state index contributed by atoms with van der Waals surface area (Å²) in [6.07, 6.45) is 3.35. The number of aromatic nitrogens is 3. The summed E-state index contributed by atoms with van der Waals surface area (Å²) in [6, 6.07) is 10.6. The molecule has 0 saturated heterocycles. The van der Waals surface area contributed by atoms with E-state index in [4.69, 9.17) is 5.26 Å². The number of rotatable bonds is 3. The van der Waals surface area contributed by atoms with Crippen molar-refractivity contribution >= 4 is 22.6 Å². The van der Waals surface area contributed by atoms with Gasteiger partial charge in [0.1, 0.15) is 0 Å². The van der Waals surface area contributed by atoms with E-state index in [1.54, 1.807) is 36.7 Å². The van der Waals surface area contributed by atoms with Crippen molar-refractivity contribution in [1.82, 2.24) is 14.8 Å². The van der Waals surface area contributed by atoms with E-state index in [9.17, 15) is 4.79 Å². The predicted molar refractivity (Wildman–Crippen MR) is 87.0 cm³/mol. The Bertz CT molecular complexity index is 903. The molecular formula is C17H15N5O. The predicted octanol–water partition coefficient (Wildman–Crippen LogP) is 3.14. The average Bonchev–Trinajstić information content (AvgIpc) is 2.98. The fraction of sp³-hybridized carbons (Fsp3) is 0.176. The third-order valence-corrected chi connectivity index (χ3v) is 3.46. The van der Waals surface area contributed by atoms with Gasteiger partial charge in [-0.1, -0.05) is 0 Å². The molecule has 0 fully saturated rings. The Labute approximate surface area is 133 Å². The Morgan fingerprint density at radius 1 is 1.26 bits per heavy atom. The molecule has 1 amide bonds. The van der Waals surface area contributed by atoms with Crippen LogP contribution in [0.3, 0.4) is 0 Å². The standard InChI is InChI=1S/C17H15N5O/c1-11(2)22-16-14(9-20-22)7-15(10-19-16)21-17(23)13-5-3-12(8-18)4-6-13/h3-7,9-11H,1-2H3,(H,21,23). The van der Waals surface area contributed by atoms with Gasteiger partial charge in [0.05, 0.1) is 29.7 Å². The molecule has 1 N–H and O–H groups in total. The first-order valence-electron chi connectivity index (χ1n) is 7.23. The zero-order valence-corrected chi connectivity index (χ0v) is 12.8. The van der Waals surface area contributed by atoms with E-state index in [0.29, 0.717) is 16.8 Å². The van der Waals surface area contributed by atoms with E-state index in [-0.39, 0.29) is 11.9 Å². The van der Waals surface area contributed by atoms with Crippen LogP contribution < -0.4 is 5.32 Å². The third kappa shape index (κ3) is 2.90. The van der Waals surface area contributed by atoms with Gasteiger partial charge in [-0.2, -0.15) is 10.4 Å². The van der Waals surface area contributed by atoms with Crippen molar-refractivity contribution in [2.45, 2.75) is 19.9 Å². The van der Waals surface area contributed by atoms with Gasteiger partial charge in [0.15, 0.2) is 5.65 Å². The normalized spacial score (nSPS) is 10.7. The number of nitrogens with one attached hydrogen (secondary N) is 1. The lowest BCUT2D eigenvalue weighted by Crippen LogP contribution is -2.12. The summed E-state index contributed by atoms with van der Waals surface area (Å²) in [5.41, 5.74) is 2.40. The van der Waals surface area contributed by atoms with Crippen molar-refractivity contribution in [3.63, 3.8) is 0 Å². The summed E-state index contributed by atoms with van der Waals surface area (Å²) >= 11 is 0. The molecule has 0 radical (unpaired) electrons. The summed E-state index contributed by atoms with van der Waals surface area (Å²) in [7, 11) is 0. The van der Waals surface area contributed by atoms with Crippen LogP contribution in [0.1, 0.15) is 35.8 Å². The Morgan fingerprint density at radius 2 is 2.00 bits per heavy atom. The molecule has 0 atom stereocenters. The second-order valence-corrected chi connectivity index (χ2v) is 5.46. The van der Waals surface area contributed by atoms with Gasteiger partial charge >= 0.3 is 0 Å². The number of nitriles is 1. The zero-order valence-electron chi connectivity index (χ0n) is 12.8. The molecule has 0 aliphatic heterocycles. The summed E-state index contributed by atoms with van der Waals surface area (Å²) in [5.74, 6) is -0.244. The van der Waals surface area contributed by atoms with Gasteiger partial charge in [-0.25, -0.2) is 9.67 Å². The first kappa shape index (κ1) is 14.7. The van der Waals surface area contributed by atoms with Crippen molar-refractivity contribution in [2.75, 3.05) is 5.32 Å². The number of benzene rings is 1. The van der Waals surface area contributed by atoms with Gasteiger partial charge in [-0.15, -0.1) is 0 Å². The van der Waals surface area contributed by atoms with E-state index in [1.807, 2.05) is 30.7 Å². The molecular weight excluding hydrogens is 290 g/mol. The highest BCUT2D eigenvalue weighted by Crippen LogP contribution is 2.19. The van der Waals surface area contributed by atoms with Crippen LogP contribution in [0.4, 0.5) is 5.69 Å². The molecule has 0 unspecified atom stereocenters. The highest BCUT2D eigenvalue weighted by molar-refractivity contribution is 6.04. The first-order valence-corrected chi connectivity index (χ1v) is 7.23. The minimum absolute atomic E-state index is 0.221. The molecule has 6 nitrogen and oxygen atoms in total. The molecule has 0 saturated carbocycles. The van der Waals surface area contributed by atoms with Gasteiger partial charge < -0.3 is 5.32 Å². The quantitative estimate of drug-likeness (QED) is 0.805. The van der Waals surface area contributed by atoms with Crippen LogP contribution in [0, 0.1) is 11.3 Å². The van der Waals surface area contributed by atoms with Crippen LogP contribution in [0.25, 0.3) is 11.0 Å². The van der Waals surface area contributed by atoms with Gasteiger partial charge in [0, 0.05) is 17.0 Å². The number of carbonyl (C=O) groups excluding carboxylic acids is 1. The Hall–Kier alpha value is -3.20. The highest BCUT2D eigenvalue weighted by atomic mass is 16.1. The molecule has 0 aliphatic rings. The summed E-state index contributed by atoms with van der Waals surface area (Å²) in [5, 5.41) is 16.8.